The first-order valence-corrected chi connectivity index (χ1v) is 6.15. The van der Waals surface area contributed by atoms with E-state index >= 15 is 0 Å². The van der Waals surface area contributed by atoms with Crippen LogP contribution in [-0.2, 0) is 11.3 Å². The lowest BCUT2D eigenvalue weighted by Crippen LogP contribution is -2.07. The zero-order valence-electron chi connectivity index (χ0n) is 9.65. The summed E-state index contributed by atoms with van der Waals surface area (Å²) in [6.45, 7) is 2.46. The minimum absolute atomic E-state index is 0.0631. The molecule has 0 aromatic carbocycles. The topological polar surface area (TPSA) is 93.8 Å². The number of pyridine rings is 1. The number of hydrogen-bond acceptors (Lipinski definition) is 6. The molecule has 2 rings (SSSR count). The van der Waals surface area contributed by atoms with Crippen LogP contribution in [0.4, 0.5) is 0 Å². The fraction of sp³-hybridized carbons (Fsp3) is 0.300. The highest BCUT2D eigenvalue weighted by Crippen LogP contribution is 2.15. The SMILES string of the molecule is Cc1ccncc1Cn1nnnc1SCC(=O)O. The van der Waals surface area contributed by atoms with Crippen molar-refractivity contribution in [3.05, 3.63) is 29.6 Å². The number of tetrazole rings is 1. The number of thioether (sulfide) groups is 1. The van der Waals surface area contributed by atoms with Crippen LogP contribution in [0.5, 0.6) is 0 Å². The van der Waals surface area contributed by atoms with E-state index in [0.29, 0.717) is 11.7 Å². The molecule has 0 aliphatic heterocycles. The Balaban J connectivity index is 2.12. The Kier molecular flexibility index (Phi) is 3.88. The Morgan fingerprint density at radius 1 is 1.56 bits per heavy atom. The third-order valence-electron chi connectivity index (χ3n) is 2.29. The first kappa shape index (κ1) is 12.5. The molecule has 2 aromatic rings. The monoisotopic (exact) mass is 265 g/mol. The molecule has 0 aliphatic carbocycles. The van der Waals surface area contributed by atoms with Crippen LogP contribution in [0.15, 0.2) is 23.6 Å². The van der Waals surface area contributed by atoms with Gasteiger partial charge in [0, 0.05) is 12.4 Å². The predicted octanol–water partition coefficient (Wildman–Crippen LogP) is 0.602. The van der Waals surface area contributed by atoms with E-state index in [4.69, 9.17) is 5.11 Å². The lowest BCUT2D eigenvalue weighted by Gasteiger charge is -2.05. The summed E-state index contributed by atoms with van der Waals surface area (Å²) in [6, 6.07) is 1.91. The van der Waals surface area contributed by atoms with Gasteiger partial charge in [-0.3, -0.25) is 9.78 Å². The van der Waals surface area contributed by atoms with Crippen molar-refractivity contribution in [2.24, 2.45) is 0 Å². The maximum Gasteiger partial charge on any atom is 0.313 e. The molecule has 18 heavy (non-hydrogen) atoms. The van der Waals surface area contributed by atoms with Gasteiger partial charge >= 0.3 is 5.97 Å². The van der Waals surface area contributed by atoms with Crippen molar-refractivity contribution in [2.45, 2.75) is 18.6 Å². The molecular formula is C10H11N5O2S. The van der Waals surface area contributed by atoms with Crippen LogP contribution in [0.25, 0.3) is 0 Å². The van der Waals surface area contributed by atoms with E-state index in [-0.39, 0.29) is 5.75 Å². The van der Waals surface area contributed by atoms with Crippen LogP contribution in [0, 0.1) is 6.92 Å². The lowest BCUT2D eigenvalue weighted by atomic mass is 10.2. The van der Waals surface area contributed by atoms with E-state index in [1.165, 1.54) is 0 Å². The van der Waals surface area contributed by atoms with Crippen LogP contribution in [0.1, 0.15) is 11.1 Å². The van der Waals surface area contributed by atoms with E-state index in [1.807, 2.05) is 13.0 Å². The third kappa shape index (κ3) is 3.04. The van der Waals surface area contributed by atoms with E-state index in [1.54, 1.807) is 17.1 Å². The lowest BCUT2D eigenvalue weighted by molar-refractivity contribution is -0.133. The number of carbonyl (C=O) groups is 1. The van der Waals surface area contributed by atoms with E-state index < -0.39 is 5.97 Å². The highest BCUT2D eigenvalue weighted by atomic mass is 32.2. The van der Waals surface area contributed by atoms with Crippen molar-refractivity contribution in [1.29, 1.82) is 0 Å². The molecule has 0 radical (unpaired) electrons. The summed E-state index contributed by atoms with van der Waals surface area (Å²) in [7, 11) is 0. The summed E-state index contributed by atoms with van der Waals surface area (Å²) in [5, 5.41) is 20.3. The number of aliphatic carboxylic acids is 1. The molecule has 1 N–H and O–H groups in total. The van der Waals surface area contributed by atoms with Crippen LogP contribution >= 0.6 is 11.8 Å². The van der Waals surface area contributed by atoms with Gasteiger partial charge in [0.1, 0.15) is 0 Å². The van der Waals surface area contributed by atoms with Gasteiger partial charge in [0.2, 0.25) is 5.16 Å². The van der Waals surface area contributed by atoms with Crippen molar-refractivity contribution in [1.82, 2.24) is 25.2 Å². The Bertz CT molecular complexity index is 557. The summed E-state index contributed by atoms with van der Waals surface area (Å²) in [5.41, 5.74) is 2.09. The molecule has 8 heteroatoms. The molecule has 0 amide bonds. The summed E-state index contributed by atoms with van der Waals surface area (Å²) < 4.78 is 1.57. The van der Waals surface area contributed by atoms with Gasteiger partial charge < -0.3 is 5.11 Å². The minimum atomic E-state index is -0.896. The molecule has 0 saturated heterocycles. The number of nitrogens with zero attached hydrogens (tertiary/aromatic N) is 5. The molecule has 0 saturated carbocycles. The molecule has 94 valence electrons. The second-order valence-corrected chi connectivity index (χ2v) is 4.55. The van der Waals surface area contributed by atoms with Crippen molar-refractivity contribution < 1.29 is 9.90 Å². The fourth-order valence-corrected chi connectivity index (χ4v) is 1.95. The Morgan fingerprint density at radius 3 is 3.11 bits per heavy atom. The number of carboxylic acid groups (broad SMARTS) is 1. The second-order valence-electron chi connectivity index (χ2n) is 3.60. The van der Waals surface area contributed by atoms with E-state index in [9.17, 15) is 4.79 Å². The van der Waals surface area contributed by atoms with Gasteiger partial charge in [-0.1, -0.05) is 11.8 Å². The van der Waals surface area contributed by atoms with Gasteiger partial charge in [-0.15, -0.1) is 5.10 Å². The molecule has 0 spiro atoms. The van der Waals surface area contributed by atoms with Crippen molar-refractivity contribution in [3.8, 4) is 0 Å². The average molecular weight is 265 g/mol. The first-order chi connectivity index (χ1) is 8.66. The quantitative estimate of drug-likeness (QED) is 0.791. The van der Waals surface area contributed by atoms with Gasteiger partial charge in [-0.25, -0.2) is 4.68 Å². The number of rotatable bonds is 5. The summed E-state index contributed by atoms with van der Waals surface area (Å²) in [6.07, 6.45) is 3.47. The molecule has 2 aromatic heterocycles. The second kappa shape index (κ2) is 5.58. The largest absolute Gasteiger partial charge is 0.481 e. The molecular weight excluding hydrogens is 254 g/mol. The Labute approximate surface area is 107 Å². The van der Waals surface area contributed by atoms with Crippen LogP contribution in [0.2, 0.25) is 0 Å². The van der Waals surface area contributed by atoms with Crippen LogP contribution in [-0.4, -0.2) is 42.0 Å². The standard InChI is InChI=1S/C10H11N5O2S/c1-7-2-3-11-4-8(7)5-15-10(12-13-14-15)18-6-9(16)17/h2-4H,5-6H2,1H3,(H,16,17). The van der Waals surface area contributed by atoms with Gasteiger partial charge in [0.05, 0.1) is 12.3 Å². The minimum Gasteiger partial charge on any atom is -0.481 e. The summed E-state index contributed by atoms with van der Waals surface area (Å²) in [4.78, 5) is 14.6. The number of hydrogen-bond donors (Lipinski definition) is 1. The van der Waals surface area contributed by atoms with Crippen molar-refractivity contribution in [3.63, 3.8) is 0 Å². The van der Waals surface area contributed by atoms with E-state index in [2.05, 4.69) is 20.5 Å². The zero-order chi connectivity index (χ0) is 13.0. The summed E-state index contributed by atoms with van der Waals surface area (Å²) in [5.74, 6) is -0.959. The molecule has 0 fully saturated rings. The molecule has 0 aliphatic rings. The molecule has 0 atom stereocenters. The zero-order valence-corrected chi connectivity index (χ0v) is 10.5. The molecule has 7 nitrogen and oxygen atoms in total. The normalized spacial score (nSPS) is 10.5. The van der Waals surface area contributed by atoms with E-state index in [0.717, 1.165) is 22.9 Å². The van der Waals surface area contributed by atoms with Gasteiger partial charge in [-0.2, -0.15) is 0 Å². The van der Waals surface area contributed by atoms with Gasteiger partial charge in [0.15, 0.2) is 0 Å². The molecule has 2 heterocycles. The van der Waals surface area contributed by atoms with Crippen LogP contribution < -0.4 is 0 Å². The number of aryl methyl sites for hydroxylation is 1. The van der Waals surface area contributed by atoms with Gasteiger partial charge in [0.25, 0.3) is 0 Å². The number of carboxylic acids is 1. The van der Waals surface area contributed by atoms with Crippen LogP contribution in [0.3, 0.4) is 0 Å². The predicted molar refractivity (Wildman–Crippen MR) is 64.3 cm³/mol. The average Bonchev–Trinajstić information content (AvgIpc) is 2.77. The highest BCUT2D eigenvalue weighted by Gasteiger charge is 2.10. The maximum absolute atomic E-state index is 10.5. The molecule has 0 unspecified atom stereocenters. The smallest absolute Gasteiger partial charge is 0.313 e. The Morgan fingerprint density at radius 2 is 2.39 bits per heavy atom. The first-order valence-electron chi connectivity index (χ1n) is 5.17. The van der Waals surface area contributed by atoms with Gasteiger partial charge in [-0.05, 0) is 34.5 Å². The van der Waals surface area contributed by atoms with Crippen molar-refractivity contribution in [2.75, 3.05) is 5.75 Å². The number of aromatic nitrogens is 5. The fourth-order valence-electron chi connectivity index (χ4n) is 1.35. The maximum atomic E-state index is 10.5. The van der Waals surface area contributed by atoms with Crippen molar-refractivity contribution >= 4 is 17.7 Å². The Hall–Kier alpha value is -1.96. The highest BCUT2D eigenvalue weighted by molar-refractivity contribution is 7.99. The summed E-state index contributed by atoms with van der Waals surface area (Å²) >= 11 is 1.09. The third-order valence-corrected chi connectivity index (χ3v) is 3.23. The molecule has 0 bridgehead atoms.